The number of rotatable bonds is 4. The second-order valence-electron chi connectivity index (χ2n) is 6.82. The number of benzene rings is 1. The van der Waals surface area contributed by atoms with Gasteiger partial charge in [0.1, 0.15) is 5.88 Å². The Morgan fingerprint density at radius 1 is 1.35 bits per heavy atom. The number of fused-ring (bicyclic) bond motifs is 1. The topological polar surface area (TPSA) is 67.9 Å². The Balaban J connectivity index is 1.75. The van der Waals surface area contributed by atoms with E-state index in [1.807, 2.05) is 25.1 Å². The highest BCUT2D eigenvalue weighted by molar-refractivity contribution is 6.27. The number of hydrogen-bond acceptors (Lipinski definition) is 4. The fourth-order valence-corrected chi connectivity index (χ4v) is 3.70. The lowest BCUT2D eigenvalue weighted by Crippen LogP contribution is -2.51. The van der Waals surface area contributed by atoms with Crippen LogP contribution in [-0.2, 0) is 31.1 Å². The van der Waals surface area contributed by atoms with Crippen molar-refractivity contribution >= 4 is 23.4 Å². The zero-order valence-electron chi connectivity index (χ0n) is 15.0. The zero-order valence-corrected chi connectivity index (χ0v) is 15.8. The average Bonchev–Trinajstić information content (AvgIpc) is 2.91. The molecule has 1 fully saturated rings. The van der Waals surface area contributed by atoms with Gasteiger partial charge in [0.25, 0.3) is 5.91 Å². The maximum atomic E-state index is 13.4. The van der Waals surface area contributed by atoms with Crippen LogP contribution >= 0.6 is 11.6 Å². The third-order valence-corrected chi connectivity index (χ3v) is 5.23. The Hall–Kier alpha value is -1.63. The Labute approximate surface area is 158 Å². The van der Waals surface area contributed by atoms with Crippen molar-refractivity contribution in [2.45, 2.75) is 31.5 Å². The lowest BCUT2D eigenvalue weighted by molar-refractivity contribution is -0.160. The number of carbonyl (C=O) groups excluding carboxylic acids is 2. The number of amides is 2. The molecule has 1 N–H and O–H groups in total. The number of nitrogens with zero attached hydrogens (tertiary/aromatic N) is 1. The molecule has 1 aromatic rings. The third-order valence-electron chi connectivity index (χ3n) is 4.99. The van der Waals surface area contributed by atoms with E-state index in [-0.39, 0.29) is 23.8 Å². The highest BCUT2D eigenvalue weighted by Gasteiger charge is 2.43. The summed E-state index contributed by atoms with van der Waals surface area (Å²) >= 11 is 5.51. The van der Waals surface area contributed by atoms with Crippen LogP contribution in [0.15, 0.2) is 24.3 Å². The summed E-state index contributed by atoms with van der Waals surface area (Å²) in [5, 5.41) is 2.73. The van der Waals surface area contributed by atoms with Crippen molar-refractivity contribution in [3.05, 3.63) is 35.4 Å². The molecule has 7 heteroatoms. The van der Waals surface area contributed by atoms with Crippen molar-refractivity contribution in [3.63, 3.8) is 0 Å². The van der Waals surface area contributed by atoms with Crippen LogP contribution in [0.2, 0.25) is 0 Å². The van der Waals surface area contributed by atoms with Crippen LogP contribution in [-0.4, -0.2) is 61.5 Å². The molecule has 2 aliphatic heterocycles. The summed E-state index contributed by atoms with van der Waals surface area (Å²) in [5.41, 5.74) is 1.11. The predicted molar refractivity (Wildman–Crippen MR) is 98.1 cm³/mol. The van der Waals surface area contributed by atoms with Crippen molar-refractivity contribution in [2.75, 3.05) is 38.7 Å². The first-order valence-electron chi connectivity index (χ1n) is 9.00. The number of alkyl halides is 1. The number of carbonyl (C=O) groups is 2. The quantitative estimate of drug-likeness (QED) is 0.803. The molecule has 1 aromatic carbocycles. The molecule has 2 atom stereocenters. The normalized spacial score (nSPS) is 25.9. The lowest BCUT2D eigenvalue weighted by Gasteiger charge is -2.38. The molecular weight excluding hydrogens is 356 g/mol. The van der Waals surface area contributed by atoms with Crippen LogP contribution in [0.5, 0.6) is 0 Å². The summed E-state index contributed by atoms with van der Waals surface area (Å²) < 4.78 is 11.8. The highest BCUT2D eigenvalue weighted by Crippen LogP contribution is 2.35. The first-order valence-corrected chi connectivity index (χ1v) is 9.54. The van der Waals surface area contributed by atoms with Gasteiger partial charge >= 0.3 is 0 Å². The van der Waals surface area contributed by atoms with Gasteiger partial charge in [-0.2, -0.15) is 0 Å². The minimum absolute atomic E-state index is 0.0520. The molecule has 2 amide bonds. The molecule has 0 aliphatic carbocycles. The molecule has 0 aromatic heterocycles. The molecule has 142 valence electrons. The van der Waals surface area contributed by atoms with Gasteiger partial charge in [-0.05, 0) is 30.9 Å². The van der Waals surface area contributed by atoms with Crippen molar-refractivity contribution in [1.82, 2.24) is 10.2 Å². The summed E-state index contributed by atoms with van der Waals surface area (Å²) in [5.74, 6) is -0.379. The predicted octanol–water partition coefficient (Wildman–Crippen LogP) is 1.45. The van der Waals surface area contributed by atoms with Crippen molar-refractivity contribution in [2.24, 2.45) is 0 Å². The second-order valence-corrected chi connectivity index (χ2v) is 7.09. The number of nitrogens with one attached hydrogen (secondary N) is 1. The monoisotopic (exact) mass is 380 g/mol. The Morgan fingerprint density at radius 3 is 2.96 bits per heavy atom. The van der Waals surface area contributed by atoms with Gasteiger partial charge in [0.2, 0.25) is 5.91 Å². The Morgan fingerprint density at radius 2 is 2.15 bits per heavy atom. The fourth-order valence-electron chi connectivity index (χ4n) is 3.60. The summed E-state index contributed by atoms with van der Waals surface area (Å²) in [6, 6.07) is 7.96. The van der Waals surface area contributed by atoms with E-state index in [9.17, 15) is 9.59 Å². The largest absolute Gasteiger partial charge is 0.374 e. The van der Waals surface area contributed by atoms with Crippen molar-refractivity contribution in [3.8, 4) is 0 Å². The van der Waals surface area contributed by atoms with Gasteiger partial charge in [0, 0.05) is 26.2 Å². The van der Waals surface area contributed by atoms with E-state index < -0.39 is 5.60 Å². The van der Waals surface area contributed by atoms with Crippen LogP contribution < -0.4 is 5.32 Å². The molecule has 6 nitrogen and oxygen atoms in total. The van der Waals surface area contributed by atoms with E-state index in [0.717, 1.165) is 24.0 Å². The summed E-state index contributed by atoms with van der Waals surface area (Å²) in [6.45, 7) is 4.30. The number of ether oxygens (including phenoxy) is 2. The Kier molecular flexibility index (Phi) is 6.16. The zero-order chi connectivity index (χ0) is 18.6. The van der Waals surface area contributed by atoms with Crippen LogP contribution in [0.4, 0.5) is 0 Å². The summed E-state index contributed by atoms with van der Waals surface area (Å²) in [7, 11) is 0. The molecule has 0 saturated carbocycles. The molecule has 1 saturated heterocycles. The maximum Gasteiger partial charge on any atom is 0.259 e. The molecule has 26 heavy (non-hydrogen) atoms. The van der Waals surface area contributed by atoms with Crippen molar-refractivity contribution in [1.29, 1.82) is 0 Å². The van der Waals surface area contributed by atoms with E-state index in [0.29, 0.717) is 32.8 Å². The first kappa shape index (κ1) is 19.1. The van der Waals surface area contributed by atoms with Crippen molar-refractivity contribution < 1.29 is 19.1 Å². The number of hydrogen-bond donors (Lipinski definition) is 1. The SMILES string of the molecule is CC1(C(=O)N2CCCOC(CNC(=O)CCl)C2)OCCc2ccccc21. The van der Waals surface area contributed by atoms with Crippen LogP contribution in [0.3, 0.4) is 0 Å². The van der Waals surface area contributed by atoms with Gasteiger partial charge in [-0.15, -0.1) is 11.6 Å². The fraction of sp³-hybridized carbons (Fsp3) is 0.579. The molecule has 3 rings (SSSR count). The Bertz CT molecular complexity index is 669. The second kappa shape index (κ2) is 8.37. The van der Waals surface area contributed by atoms with E-state index in [4.69, 9.17) is 21.1 Å². The molecule has 2 unspecified atom stereocenters. The minimum Gasteiger partial charge on any atom is -0.374 e. The molecule has 0 radical (unpaired) electrons. The minimum atomic E-state index is -0.983. The van der Waals surface area contributed by atoms with Gasteiger partial charge in [-0.3, -0.25) is 9.59 Å². The van der Waals surface area contributed by atoms with Gasteiger partial charge in [0.15, 0.2) is 5.60 Å². The van der Waals surface area contributed by atoms with Crippen LogP contribution in [0, 0.1) is 0 Å². The van der Waals surface area contributed by atoms with Gasteiger partial charge in [-0.1, -0.05) is 24.3 Å². The standard InChI is InChI=1S/C19H25ClN2O4/c1-19(16-6-3-2-5-14(16)7-10-26-19)18(24)22-8-4-9-25-15(13-22)12-21-17(23)11-20/h2-3,5-6,15H,4,7-13H2,1H3,(H,21,23). The average molecular weight is 381 g/mol. The molecule has 0 bridgehead atoms. The molecular formula is C19H25ClN2O4. The van der Waals surface area contributed by atoms with E-state index in [1.165, 1.54) is 0 Å². The van der Waals surface area contributed by atoms with E-state index in [2.05, 4.69) is 11.4 Å². The first-order chi connectivity index (χ1) is 12.5. The number of halogens is 1. The maximum absolute atomic E-state index is 13.4. The third kappa shape index (κ3) is 4.03. The molecule has 0 spiro atoms. The van der Waals surface area contributed by atoms with E-state index in [1.54, 1.807) is 4.90 Å². The van der Waals surface area contributed by atoms with Gasteiger partial charge < -0.3 is 19.7 Å². The highest BCUT2D eigenvalue weighted by atomic mass is 35.5. The van der Waals surface area contributed by atoms with Gasteiger partial charge in [0.05, 0.1) is 12.7 Å². The summed E-state index contributed by atoms with van der Waals surface area (Å²) in [6.07, 6.45) is 1.31. The lowest BCUT2D eigenvalue weighted by atomic mass is 9.86. The molecule has 2 heterocycles. The van der Waals surface area contributed by atoms with Crippen LogP contribution in [0.1, 0.15) is 24.5 Å². The summed E-state index contributed by atoms with van der Waals surface area (Å²) in [4.78, 5) is 26.6. The van der Waals surface area contributed by atoms with E-state index >= 15 is 0 Å². The smallest absolute Gasteiger partial charge is 0.259 e. The van der Waals surface area contributed by atoms with Crippen LogP contribution in [0.25, 0.3) is 0 Å². The molecule has 2 aliphatic rings. The van der Waals surface area contributed by atoms with Gasteiger partial charge in [-0.25, -0.2) is 0 Å².